The first-order chi connectivity index (χ1) is 29.8. The van der Waals surface area contributed by atoms with Crippen molar-refractivity contribution in [3.63, 3.8) is 0 Å². The minimum atomic E-state index is -5.12. The molecule has 2 atom stereocenters. The van der Waals surface area contributed by atoms with Crippen molar-refractivity contribution in [2.24, 2.45) is 0 Å². The molecule has 4 amide bonds. The van der Waals surface area contributed by atoms with Crippen LogP contribution in [-0.2, 0) is 44.1 Å². The smallest absolute Gasteiger partial charge is 0.367 e. The summed E-state index contributed by atoms with van der Waals surface area (Å²) in [7, 11) is 1.72. The van der Waals surface area contributed by atoms with Gasteiger partial charge >= 0.3 is 18.4 Å². The van der Waals surface area contributed by atoms with Crippen LogP contribution in [0.15, 0.2) is 60.7 Å². The summed E-state index contributed by atoms with van der Waals surface area (Å²) in [6.45, 7) is 7.32. The molecule has 2 heterocycles. The molecule has 3 aromatic rings. The number of alkyl halides is 6. The number of morpholine rings is 1. The Morgan fingerprint density at radius 1 is 0.905 bits per heavy atom. The molecule has 3 aromatic carbocycles. The number of hydrogen-bond donors (Lipinski definition) is 1. The topological polar surface area (TPSA) is 94.7 Å². The van der Waals surface area contributed by atoms with Crippen molar-refractivity contribution in [1.82, 2.24) is 24.9 Å². The lowest BCUT2D eigenvalue weighted by molar-refractivity contribution is -0.143. The van der Waals surface area contributed by atoms with Crippen LogP contribution in [0.3, 0.4) is 0 Å². The van der Waals surface area contributed by atoms with Crippen LogP contribution in [0.4, 0.5) is 31.1 Å². The van der Waals surface area contributed by atoms with E-state index in [-0.39, 0.29) is 65.9 Å². The molecule has 63 heavy (non-hydrogen) atoms. The monoisotopic (exact) mass is 927 g/mol. The Hall–Kier alpha value is -4.09. The van der Waals surface area contributed by atoms with Gasteiger partial charge in [-0.25, -0.2) is 4.79 Å². The van der Waals surface area contributed by atoms with Crippen molar-refractivity contribution in [3.8, 4) is 0 Å². The molecule has 1 aliphatic carbocycles. The Morgan fingerprint density at radius 2 is 1.57 bits per heavy atom. The van der Waals surface area contributed by atoms with E-state index in [0.29, 0.717) is 95.6 Å². The number of rotatable bonds is 14. The van der Waals surface area contributed by atoms with Crippen LogP contribution in [0.1, 0.15) is 77.7 Å². The molecular weight excluding hydrogens is 875 g/mol. The van der Waals surface area contributed by atoms with E-state index in [9.17, 15) is 40.7 Å². The summed E-state index contributed by atoms with van der Waals surface area (Å²) < 4.78 is 95.4. The predicted octanol–water partition coefficient (Wildman–Crippen LogP) is 8.66. The fraction of sp³-hybridized carbons (Fsp3) is 0.533. The van der Waals surface area contributed by atoms with Gasteiger partial charge in [0.05, 0.1) is 40.4 Å². The highest BCUT2D eigenvalue weighted by Crippen LogP contribution is 2.48. The van der Waals surface area contributed by atoms with Gasteiger partial charge in [0.1, 0.15) is 12.2 Å². The Balaban J connectivity index is 1.14. The molecule has 6 rings (SSSR count). The zero-order valence-corrected chi connectivity index (χ0v) is 37.0. The maximum Gasteiger partial charge on any atom is 0.416 e. The van der Waals surface area contributed by atoms with E-state index in [1.165, 1.54) is 16.0 Å². The van der Waals surface area contributed by atoms with E-state index in [1.54, 1.807) is 35.0 Å². The lowest BCUT2D eigenvalue weighted by atomic mass is 9.72. The Morgan fingerprint density at radius 3 is 2.21 bits per heavy atom. The van der Waals surface area contributed by atoms with Crippen LogP contribution in [0.2, 0.25) is 10.0 Å². The molecule has 0 radical (unpaired) electrons. The molecular formula is C45H53Cl2F6N5O5. The third kappa shape index (κ3) is 11.1. The molecule has 344 valence electrons. The number of ether oxygens (including phenoxy) is 2. The normalized spacial score (nSPS) is 20.1. The predicted molar refractivity (Wildman–Crippen MR) is 227 cm³/mol. The lowest BCUT2D eigenvalue weighted by Gasteiger charge is -2.46. The van der Waals surface area contributed by atoms with Crippen molar-refractivity contribution in [1.29, 1.82) is 0 Å². The van der Waals surface area contributed by atoms with Gasteiger partial charge in [-0.05, 0) is 106 Å². The van der Waals surface area contributed by atoms with Crippen LogP contribution in [0.25, 0.3) is 0 Å². The van der Waals surface area contributed by atoms with Crippen molar-refractivity contribution < 1.29 is 50.2 Å². The number of nitrogens with one attached hydrogen (secondary N) is 1. The summed E-state index contributed by atoms with van der Waals surface area (Å²) in [4.78, 5) is 46.2. The van der Waals surface area contributed by atoms with Gasteiger partial charge in [0.25, 0.3) is 5.91 Å². The Kier molecular flexibility index (Phi) is 15.3. The van der Waals surface area contributed by atoms with E-state index in [0.717, 1.165) is 0 Å². The first kappa shape index (κ1) is 48.4. The van der Waals surface area contributed by atoms with E-state index >= 15 is 0 Å². The Labute approximate surface area is 373 Å². The van der Waals surface area contributed by atoms with Gasteiger partial charge in [-0.3, -0.25) is 9.59 Å². The first-order valence-electron chi connectivity index (χ1n) is 21.2. The van der Waals surface area contributed by atoms with Gasteiger partial charge < -0.3 is 34.4 Å². The van der Waals surface area contributed by atoms with Crippen molar-refractivity contribution in [2.45, 2.75) is 75.4 Å². The fourth-order valence-electron chi connectivity index (χ4n) is 9.09. The summed E-state index contributed by atoms with van der Waals surface area (Å²) >= 11 is 12.7. The van der Waals surface area contributed by atoms with Crippen LogP contribution in [-0.4, -0.2) is 123 Å². The molecule has 0 bridgehead atoms. The number of hydrogen-bond acceptors (Lipinski definition) is 6. The molecule has 10 nitrogen and oxygen atoms in total. The van der Waals surface area contributed by atoms with Gasteiger partial charge in [0.2, 0.25) is 5.91 Å². The van der Waals surface area contributed by atoms with Gasteiger partial charge in [0, 0.05) is 57.3 Å². The zero-order valence-electron chi connectivity index (χ0n) is 35.5. The lowest BCUT2D eigenvalue weighted by Crippen LogP contribution is -2.54. The molecule has 2 saturated heterocycles. The highest BCUT2D eigenvalue weighted by molar-refractivity contribution is 6.42. The number of carbonyl (C=O) groups is 3. The molecule has 2 fully saturated rings. The zero-order chi connectivity index (χ0) is 45.7. The highest BCUT2D eigenvalue weighted by Gasteiger charge is 2.50. The number of urea groups is 1. The van der Waals surface area contributed by atoms with Gasteiger partial charge in [-0.1, -0.05) is 53.5 Å². The van der Waals surface area contributed by atoms with Crippen LogP contribution < -0.4 is 5.32 Å². The second kappa shape index (κ2) is 20.0. The number of likely N-dealkylation sites (tertiary alicyclic amines) is 1. The van der Waals surface area contributed by atoms with Crippen molar-refractivity contribution >= 4 is 41.0 Å². The molecule has 0 saturated carbocycles. The number of nitrogens with zero attached hydrogens (tertiary/aromatic N) is 4. The average molecular weight is 929 g/mol. The highest BCUT2D eigenvalue weighted by atomic mass is 35.5. The third-order valence-corrected chi connectivity index (χ3v) is 13.5. The number of benzene rings is 3. The summed E-state index contributed by atoms with van der Waals surface area (Å²) in [6.07, 6.45) is -7.51. The van der Waals surface area contributed by atoms with Crippen molar-refractivity contribution in [3.05, 3.63) is 104 Å². The van der Waals surface area contributed by atoms with Crippen LogP contribution in [0.5, 0.6) is 0 Å². The van der Waals surface area contributed by atoms with Gasteiger partial charge in [0.15, 0.2) is 0 Å². The van der Waals surface area contributed by atoms with E-state index < -0.39 is 40.6 Å². The second-order valence-corrected chi connectivity index (χ2v) is 17.3. The molecule has 0 aromatic heterocycles. The summed E-state index contributed by atoms with van der Waals surface area (Å²) in [5.41, 5.74) is -2.56. The van der Waals surface area contributed by atoms with Crippen LogP contribution in [0, 0.1) is 0 Å². The minimum Gasteiger partial charge on any atom is -0.367 e. The fourth-order valence-corrected chi connectivity index (χ4v) is 9.38. The third-order valence-electron chi connectivity index (χ3n) is 12.7. The molecule has 3 aliphatic rings. The number of likely N-dealkylation sites (N-methyl/N-ethyl adjacent to an activating group) is 1. The number of fused-ring (bicyclic) bond motifs is 2. The summed E-state index contributed by atoms with van der Waals surface area (Å²) in [5.74, 6) is -1.15. The van der Waals surface area contributed by atoms with Crippen molar-refractivity contribution in [2.75, 3.05) is 79.2 Å². The molecule has 1 N–H and O–H groups in total. The number of amides is 4. The molecule has 1 spiro atoms. The van der Waals surface area contributed by atoms with E-state index in [4.69, 9.17) is 32.7 Å². The first-order valence-corrected chi connectivity index (χ1v) is 21.9. The summed E-state index contributed by atoms with van der Waals surface area (Å²) in [6, 6.07) is 13.8. The molecule has 2 aliphatic heterocycles. The maximum atomic E-state index is 13.9. The Bertz CT molecular complexity index is 2080. The van der Waals surface area contributed by atoms with Gasteiger partial charge in [-0.2, -0.15) is 26.3 Å². The maximum absolute atomic E-state index is 13.9. The number of piperidine rings is 1. The van der Waals surface area contributed by atoms with E-state index in [2.05, 4.69) is 22.3 Å². The number of carbonyl (C=O) groups excluding carboxylic acids is 3. The average Bonchev–Trinajstić information content (AvgIpc) is 3.56. The second-order valence-electron chi connectivity index (χ2n) is 16.5. The van der Waals surface area contributed by atoms with Crippen LogP contribution >= 0.6 is 23.2 Å². The largest absolute Gasteiger partial charge is 0.416 e. The SMILES string of the molecule is CCN(CC)C(=O)NCCCN(C)C(=O)CO[C@H]1Cc2ccccc2C12CCN(CC[C@@]1(c3ccc(Cl)c(Cl)c3)CN(C(=O)c3cc(C(F)(F)F)cc(C(F)(F)F)c3)CCO1)CC2. The minimum absolute atomic E-state index is 0.00280. The van der Waals surface area contributed by atoms with Gasteiger partial charge in [-0.15, -0.1) is 0 Å². The molecule has 0 unspecified atom stereocenters. The summed E-state index contributed by atoms with van der Waals surface area (Å²) in [5, 5.41) is 3.37. The standard InChI is InChI=1S/C45H53Cl2F6N5O5/c1-4-57(5-2)41(61)54-16-8-17-55(3)39(59)28-62-38-25-30-9-6-7-10-35(30)42(38)13-18-56(19-14-42)20-15-43(32-11-12-36(46)37(47)27-32)29-58(21-22-63-43)40(60)31-23-33(44(48,49)50)26-34(24-31)45(51,52)53/h6-7,9-12,23-24,26-27,38H,4-5,8,13-22,25,28-29H2,1-3H3,(H,54,61)/t38-,43-/m0/s1. The molecule has 18 heteroatoms. The quantitative estimate of drug-likeness (QED) is 0.129. The number of halogens is 8. The van der Waals surface area contributed by atoms with E-state index in [1.807, 2.05) is 26.0 Å².